The predicted octanol–water partition coefficient (Wildman–Crippen LogP) is 2.59. The Morgan fingerprint density at radius 1 is 1.18 bits per heavy atom. The van der Waals surface area contributed by atoms with Crippen molar-refractivity contribution in [2.75, 3.05) is 40.3 Å². The monoisotopic (exact) mass is 327 g/mol. The minimum absolute atomic E-state index is 0.161. The number of amides is 2. The second-order valence-electron chi connectivity index (χ2n) is 5.56. The maximum Gasteiger partial charge on any atom is 0.314 e. The number of halogens is 1. The molecule has 0 saturated carbocycles. The summed E-state index contributed by atoms with van der Waals surface area (Å²) in [6.07, 6.45) is 0.931. The third-order valence-electron chi connectivity index (χ3n) is 3.13. The van der Waals surface area contributed by atoms with Crippen LogP contribution in [0.3, 0.4) is 0 Å². The Morgan fingerprint density at radius 2 is 1.77 bits per heavy atom. The van der Waals surface area contributed by atoms with Crippen LogP contribution in [0.5, 0.6) is 5.75 Å². The lowest BCUT2D eigenvalue weighted by Gasteiger charge is -2.12. The van der Waals surface area contributed by atoms with Gasteiger partial charge in [-0.1, -0.05) is 11.6 Å². The molecule has 1 aromatic carbocycles. The number of ether oxygens (including phenoxy) is 1. The normalized spacial score (nSPS) is 10.6. The van der Waals surface area contributed by atoms with E-state index in [-0.39, 0.29) is 6.03 Å². The van der Waals surface area contributed by atoms with Crippen molar-refractivity contribution in [3.8, 4) is 5.75 Å². The highest BCUT2D eigenvalue weighted by Gasteiger charge is 2.04. The first-order chi connectivity index (χ1) is 10.4. The Labute approximate surface area is 138 Å². The summed E-state index contributed by atoms with van der Waals surface area (Å²) in [6, 6.07) is 3.64. The molecule has 0 saturated heterocycles. The number of benzene rings is 1. The Hall–Kier alpha value is -1.46. The molecule has 0 atom stereocenters. The van der Waals surface area contributed by atoms with Crippen LogP contribution in [0.1, 0.15) is 17.5 Å². The number of aryl methyl sites for hydroxylation is 2. The van der Waals surface area contributed by atoms with E-state index in [0.717, 1.165) is 34.9 Å². The minimum Gasteiger partial charge on any atom is -0.492 e. The fourth-order valence-electron chi connectivity index (χ4n) is 1.98. The van der Waals surface area contributed by atoms with Crippen LogP contribution in [0.25, 0.3) is 0 Å². The molecule has 22 heavy (non-hydrogen) atoms. The molecule has 0 fully saturated rings. The third-order valence-corrected chi connectivity index (χ3v) is 3.73. The molecule has 0 aliphatic carbocycles. The molecular formula is C16H26ClN3O2. The van der Waals surface area contributed by atoms with Gasteiger partial charge in [-0.3, -0.25) is 0 Å². The van der Waals surface area contributed by atoms with E-state index in [4.69, 9.17) is 16.3 Å². The van der Waals surface area contributed by atoms with Crippen LogP contribution >= 0.6 is 11.6 Å². The molecular weight excluding hydrogens is 302 g/mol. The number of nitrogens with zero attached hydrogens (tertiary/aromatic N) is 1. The number of urea groups is 1. The highest BCUT2D eigenvalue weighted by Crippen LogP contribution is 2.25. The predicted molar refractivity (Wildman–Crippen MR) is 91.0 cm³/mol. The molecule has 0 spiro atoms. The number of hydrogen-bond acceptors (Lipinski definition) is 3. The van der Waals surface area contributed by atoms with E-state index in [2.05, 4.69) is 15.5 Å². The number of carbonyl (C=O) groups excluding carboxylic acids is 1. The summed E-state index contributed by atoms with van der Waals surface area (Å²) in [6.45, 7) is 6.40. The lowest BCUT2D eigenvalue weighted by atomic mass is 10.1. The molecule has 2 N–H and O–H groups in total. The zero-order chi connectivity index (χ0) is 16.5. The van der Waals surface area contributed by atoms with Gasteiger partial charge in [-0.2, -0.15) is 0 Å². The average Bonchev–Trinajstić information content (AvgIpc) is 2.45. The van der Waals surface area contributed by atoms with Crippen LogP contribution < -0.4 is 15.4 Å². The summed E-state index contributed by atoms with van der Waals surface area (Å²) >= 11 is 6.11. The van der Waals surface area contributed by atoms with Gasteiger partial charge in [0.25, 0.3) is 0 Å². The maximum absolute atomic E-state index is 11.5. The number of hydrogen-bond donors (Lipinski definition) is 2. The molecule has 0 radical (unpaired) electrons. The zero-order valence-corrected chi connectivity index (χ0v) is 14.6. The van der Waals surface area contributed by atoms with Crippen molar-refractivity contribution < 1.29 is 9.53 Å². The van der Waals surface area contributed by atoms with Gasteiger partial charge >= 0.3 is 6.03 Å². The van der Waals surface area contributed by atoms with Gasteiger partial charge in [0.05, 0.1) is 6.54 Å². The maximum atomic E-state index is 11.5. The summed E-state index contributed by atoms with van der Waals surface area (Å²) < 4.78 is 5.62. The molecule has 0 heterocycles. The van der Waals surface area contributed by atoms with Gasteiger partial charge in [0, 0.05) is 11.6 Å². The van der Waals surface area contributed by atoms with Crippen molar-refractivity contribution in [1.82, 2.24) is 15.5 Å². The van der Waals surface area contributed by atoms with E-state index < -0.39 is 0 Å². The van der Waals surface area contributed by atoms with Gasteiger partial charge in [-0.05, 0) is 64.2 Å². The summed E-state index contributed by atoms with van der Waals surface area (Å²) in [5.41, 5.74) is 1.98. The van der Waals surface area contributed by atoms with E-state index in [9.17, 15) is 4.79 Å². The average molecular weight is 328 g/mol. The van der Waals surface area contributed by atoms with Gasteiger partial charge in [0.15, 0.2) is 0 Å². The van der Waals surface area contributed by atoms with E-state index in [0.29, 0.717) is 19.7 Å². The Morgan fingerprint density at radius 3 is 2.36 bits per heavy atom. The van der Waals surface area contributed by atoms with Crippen LogP contribution in [0.2, 0.25) is 5.02 Å². The topological polar surface area (TPSA) is 53.6 Å². The lowest BCUT2D eigenvalue weighted by Crippen LogP contribution is -2.38. The third kappa shape index (κ3) is 7.00. The van der Waals surface area contributed by atoms with Crippen LogP contribution in [-0.2, 0) is 0 Å². The van der Waals surface area contributed by atoms with Gasteiger partial charge in [-0.15, -0.1) is 0 Å². The summed E-state index contributed by atoms with van der Waals surface area (Å²) in [4.78, 5) is 13.6. The molecule has 2 amide bonds. The molecule has 0 aromatic heterocycles. The van der Waals surface area contributed by atoms with Gasteiger partial charge in [-0.25, -0.2) is 4.79 Å². The van der Waals surface area contributed by atoms with Gasteiger partial charge in [0.1, 0.15) is 12.4 Å². The summed E-state index contributed by atoms with van der Waals surface area (Å²) in [7, 11) is 4.02. The highest BCUT2D eigenvalue weighted by atomic mass is 35.5. The molecule has 1 aromatic rings. The van der Waals surface area contributed by atoms with Crippen molar-refractivity contribution in [3.05, 3.63) is 28.3 Å². The highest BCUT2D eigenvalue weighted by molar-refractivity contribution is 6.32. The molecule has 124 valence electrons. The molecule has 0 bridgehead atoms. The van der Waals surface area contributed by atoms with Crippen molar-refractivity contribution in [2.24, 2.45) is 0 Å². The van der Waals surface area contributed by atoms with Crippen molar-refractivity contribution in [1.29, 1.82) is 0 Å². The standard InChI is InChI=1S/C16H26ClN3O2/c1-12-10-14(11-13(2)15(12)17)22-9-7-19-16(21)18-6-5-8-20(3)4/h10-11H,5-9H2,1-4H3,(H2,18,19,21). The zero-order valence-electron chi connectivity index (χ0n) is 13.8. The molecule has 1 rings (SSSR count). The number of nitrogens with one attached hydrogen (secondary N) is 2. The first kappa shape index (κ1) is 18.6. The molecule has 6 heteroatoms. The van der Waals surface area contributed by atoms with Crippen LogP contribution in [-0.4, -0.2) is 51.3 Å². The smallest absolute Gasteiger partial charge is 0.314 e. The van der Waals surface area contributed by atoms with Crippen molar-refractivity contribution in [3.63, 3.8) is 0 Å². The fraction of sp³-hybridized carbons (Fsp3) is 0.562. The summed E-state index contributed by atoms with van der Waals surface area (Å²) in [5.74, 6) is 0.771. The van der Waals surface area contributed by atoms with E-state index in [1.807, 2.05) is 40.1 Å². The van der Waals surface area contributed by atoms with E-state index in [1.165, 1.54) is 0 Å². The molecule has 0 aliphatic heterocycles. The van der Waals surface area contributed by atoms with Gasteiger partial charge < -0.3 is 20.3 Å². The first-order valence-corrected chi connectivity index (χ1v) is 7.84. The second kappa shape index (κ2) is 9.54. The Balaban J connectivity index is 2.18. The quantitative estimate of drug-likeness (QED) is 0.722. The first-order valence-electron chi connectivity index (χ1n) is 7.46. The molecule has 0 aliphatic rings. The van der Waals surface area contributed by atoms with Crippen molar-refractivity contribution >= 4 is 17.6 Å². The molecule has 0 unspecified atom stereocenters. The largest absolute Gasteiger partial charge is 0.492 e. The number of rotatable bonds is 8. The fourth-order valence-corrected chi connectivity index (χ4v) is 2.09. The van der Waals surface area contributed by atoms with Crippen LogP contribution in [0, 0.1) is 13.8 Å². The minimum atomic E-state index is -0.161. The van der Waals surface area contributed by atoms with E-state index in [1.54, 1.807) is 0 Å². The van der Waals surface area contributed by atoms with Crippen molar-refractivity contribution in [2.45, 2.75) is 20.3 Å². The number of carbonyl (C=O) groups is 1. The van der Waals surface area contributed by atoms with E-state index >= 15 is 0 Å². The Kier molecular flexibility index (Phi) is 8.06. The lowest BCUT2D eigenvalue weighted by molar-refractivity contribution is 0.236. The SMILES string of the molecule is Cc1cc(OCCNC(=O)NCCCN(C)C)cc(C)c1Cl. The second-order valence-corrected chi connectivity index (χ2v) is 5.94. The van der Waals surface area contributed by atoms with Crippen LogP contribution in [0.4, 0.5) is 4.79 Å². The van der Waals surface area contributed by atoms with Gasteiger partial charge in [0.2, 0.25) is 0 Å². The molecule has 5 nitrogen and oxygen atoms in total. The van der Waals surface area contributed by atoms with Crippen LogP contribution in [0.15, 0.2) is 12.1 Å². The summed E-state index contributed by atoms with van der Waals surface area (Å²) in [5, 5.41) is 6.35. The Bertz CT molecular complexity index is 469.